The fourth-order valence-electron chi connectivity index (χ4n) is 0.967. The molecule has 0 fully saturated rings. The van der Waals surface area contributed by atoms with E-state index in [0.29, 0.717) is 0 Å². The third kappa shape index (κ3) is 1.93. The molecule has 2 heteroatoms. The molecule has 0 amide bonds. The van der Waals surface area contributed by atoms with Crippen molar-refractivity contribution in [3.63, 3.8) is 0 Å². The van der Waals surface area contributed by atoms with E-state index in [1.54, 1.807) is 0 Å². The molecule has 0 bridgehead atoms. The van der Waals surface area contributed by atoms with E-state index in [1.165, 1.54) is 0 Å². The van der Waals surface area contributed by atoms with Gasteiger partial charge in [0.25, 0.3) is 0 Å². The Kier molecular flexibility index (Phi) is 3.78. The van der Waals surface area contributed by atoms with Gasteiger partial charge < -0.3 is 0 Å². The highest BCUT2D eigenvalue weighted by molar-refractivity contribution is 7.01. The molecule has 0 heterocycles. The monoisotopic (exact) mass is 143 g/mol. The first-order chi connectivity index (χ1) is 4.24. The van der Waals surface area contributed by atoms with Gasteiger partial charge in [-0.1, -0.05) is 38.9 Å². The second-order valence-electron chi connectivity index (χ2n) is 2.44. The molecule has 0 spiro atoms. The Bertz CT molecular complexity index is 78.7. The molecular formula is C7H15OSi. The van der Waals surface area contributed by atoms with Crippen LogP contribution in [-0.2, 0) is 4.79 Å². The van der Waals surface area contributed by atoms with Gasteiger partial charge in [-0.05, 0) is 0 Å². The van der Waals surface area contributed by atoms with E-state index in [-0.39, 0.29) is 0 Å². The number of rotatable bonds is 4. The second kappa shape index (κ2) is 3.83. The maximum atomic E-state index is 10.5. The van der Waals surface area contributed by atoms with Crippen molar-refractivity contribution in [3.8, 4) is 0 Å². The molecular weight excluding hydrogens is 128 g/mol. The van der Waals surface area contributed by atoms with Gasteiger partial charge in [0.15, 0.2) is 5.91 Å². The molecule has 9 heavy (non-hydrogen) atoms. The van der Waals surface area contributed by atoms with Gasteiger partial charge in [0, 0.05) is 0 Å². The molecule has 0 N–H and O–H groups in total. The van der Waals surface area contributed by atoms with E-state index in [0.717, 1.165) is 18.1 Å². The van der Waals surface area contributed by atoms with Gasteiger partial charge in [-0.2, -0.15) is 0 Å². The zero-order valence-electron chi connectivity index (χ0n) is 6.53. The van der Waals surface area contributed by atoms with Crippen LogP contribution in [0.2, 0.25) is 18.1 Å². The third-order valence-corrected chi connectivity index (χ3v) is 6.74. The lowest BCUT2D eigenvalue weighted by Crippen LogP contribution is -2.33. The molecule has 0 aliphatic heterocycles. The molecule has 0 atom stereocenters. The first-order valence-corrected chi connectivity index (χ1v) is 6.26. The molecule has 53 valence electrons. The highest BCUT2D eigenvalue weighted by atomic mass is 28.3. The van der Waals surface area contributed by atoms with Crippen molar-refractivity contribution in [2.24, 2.45) is 0 Å². The Hall–Kier alpha value is -0.113. The molecule has 1 radical (unpaired) electrons. The van der Waals surface area contributed by atoms with E-state index in [9.17, 15) is 4.79 Å². The van der Waals surface area contributed by atoms with Gasteiger partial charge in [-0.15, -0.1) is 0 Å². The molecule has 0 aliphatic rings. The summed E-state index contributed by atoms with van der Waals surface area (Å²) in [6.07, 6.45) is 0. The Labute approximate surface area is 58.5 Å². The highest BCUT2D eigenvalue weighted by Crippen LogP contribution is 2.16. The molecule has 0 rings (SSSR count). The first-order valence-electron chi connectivity index (χ1n) is 3.64. The molecule has 0 aliphatic carbocycles. The molecule has 0 saturated carbocycles. The van der Waals surface area contributed by atoms with E-state index in [1.807, 2.05) is 0 Å². The second-order valence-corrected chi connectivity index (χ2v) is 7.33. The smallest absolute Gasteiger partial charge is 0.170 e. The lowest BCUT2D eigenvalue weighted by atomic mass is 10.9. The van der Waals surface area contributed by atoms with Gasteiger partial charge >= 0.3 is 0 Å². The minimum absolute atomic E-state index is 1.06. The standard InChI is InChI=1S/C7H15OSi/c1-4-9(5-2,6-3)7-8/h4-6H2,1-3H3. The summed E-state index contributed by atoms with van der Waals surface area (Å²) in [4.78, 5) is 10.5. The number of hydrogen-bond donors (Lipinski definition) is 0. The van der Waals surface area contributed by atoms with Gasteiger partial charge in [-0.3, -0.25) is 4.79 Å². The van der Waals surface area contributed by atoms with Crippen LogP contribution in [0.3, 0.4) is 0 Å². The van der Waals surface area contributed by atoms with Gasteiger partial charge in [0.1, 0.15) is 8.07 Å². The lowest BCUT2D eigenvalue weighted by molar-refractivity contribution is 0.566. The van der Waals surface area contributed by atoms with E-state index in [4.69, 9.17) is 0 Å². The fraction of sp³-hybridized carbons (Fsp3) is 0.857. The van der Waals surface area contributed by atoms with Gasteiger partial charge in [0.2, 0.25) is 0 Å². The highest BCUT2D eigenvalue weighted by Gasteiger charge is 2.26. The van der Waals surface area contributed by atoms with Crippen molar-refractivity contribution in [1.82, 2.24) is 0 Å². The molecule has 0 saturated heterocycles. The Morgan fingerprint density at radius 2 is 1.44 bits per heavy atom. The SMILES string of the molecule is CC[Si]([C]=O)(CC)CC. The van der Waals surface area contributed by atoms with Gasteiger partial charge in [-0.25, -0.2) is 0 Å². The largest absolute Gasteiger partial charge is 0.297 e. The molecule has 0 aromatic heterocycles. The minimum Gasteiger partial charge on any atom is -0.297 e. The topological polar surface area (TPSA) is 17.1 Å². The van der Waals surface area contributed by atoms with Crippen LogP contribution in [0.1, 0.15) is 20.8 Å². The first kappa shape index (κ1) is 8.89. The summed E-state index contributed by atoms with van der Waals surface area (Å²) in [5.41, 5.74) is 0. The number of carbonyl (C=O) groups excluding carboxylic acids is 1. The molecule has 1 nitrogen and oxygen atoms in total. The molecule has 0 aromatic carbocycles. The van der Waals surface area contributed by atoms with Crippen LogP contribution in [0, 0.1) is 0 Å². The maximum Gasteiger partial charge on any atom is 0.170 e. The summed E-state index contributed by atoms with van der Waals surface area (Å²) >= 11 is 0. The fourth-order valence-corrected chi connectivity index (χ4v) is 2.90. The van der Waals surface area contributed by atoms with E-state index in [2.05, 4.69) is 26.7 Å². The third-order valence-electron chi connectivity index (χ3n) is 2.25. The van der Waals surface area contributed by atoms with Crippen molar-refractivity contribution in [3.05, 3.63) is 0 Å². The minimum atomic E-state index is -1.50. The van der Waals surface area contributed by atoms with Crippen LogP contribution >= 0.6 is 0 Å². The predicted molar refractivity (Wildman–Crippen MR) is 42.9 cm³/mol. The maximum absolute atomic E-state index is 10.5. The molecule has 0 aromatic rings. The summed E-state index contributed by atoms with van der Waals surface area (Å²) in [6, 6.07) is 3.18. The van der Waals surface area contributed by atoms with E-state index >= 15 is 0 Å². The summed E-state index contributed by atoms with van der Waals surface area (Å²) in [6.45, 7) is 6.30. The predicted octanol–water partition coefficient (Wildman–Crippen LogP) is 2.14. The van der Waals surface area contributed by atoms with Crippen molar-refractivity contribution in [1.29, 1.82) is 0 Å². The summed E-state index contributed by atoms with van der Waals surface area (Å²) < 4.78 is 0. The summed E-state index contributed by atoms with van der Waals surface area (Å²) in [5, 5.41) is 0. The van der Waals surface area contributed by atoms with Crippen LogP contribution in [0.25, 0.3) is 0 Å². The normalized spacial score (nSPS) is 11.4. The summed E-state index contributed by atoms with van der Waals surface area (Å²) in [5.74, 6) is 2.25. The van der Waals surface area contributed by atoms with Crippen LogP contribution in [-0.4, -0.2) is 14.0 Å². The zero-order valence-corrected chi connectivity index (χ0v) is 7.53. The van der Waals surface area contributed by atoms with Crippen molar-refractivity contribution < 1.29 is 4.79 Å². The van der Waals surface area contributed by atoms with Gasteiger partial charge in [0.05, 0.1) is 0 Å². The van der Waals surface area contributed by atoms with E-state index < -0.39 is 8.07 Å². The van der Waals surface area contributed by atoms with Crippen LogP contribution in [0.5, 0.6) is 0 Å². The molecule has 0 unspecified atom stereocenters. The Balaban J connectivity index is 3.98. The average Bonchev–Trinajstić information content (AvgIpc) is 1.95. The Morgan fingerprint density at radius 3 is 1.44 bits per heavy atom. The average molecular weight is 143 g/mol. The zero-order chi connectivity index (χ0) is 7.33. The number of hydrogen-bond acceptors (Lipinski definition) is 1. The van der Waals surface area contributed by atoms with Crippen molar-refractivity contribution in [2.75, 3.05) is 0 Å². The lowest BCUT2D eigenvalue weighted by Gasteiger charge is -2.17. The quantitative estimate of drug-likeness (QED) is 0.551. The van der Waals surface area contributed by atoms with Crippen LogP contribution in [0.4, 0.5) is 0 Å². The van der Waals surface area contributed by atoms with Crippen LogP contribution < -0.4 is 0 Å². The van der Waals surface area contributed by atoms with Crippen molar-refractivity contribution >= 4 is 14.0 Å². The van der Waals surface area contributed by atoms with Crippen LogP contribution in [0.15, 0.2) is 0 Å². The van der Waals surface area contributed by atoms with Crippen molar-refractivity contribution in [2.45, 2.75) is 38.9 Å². The summed E-state index contributed by atoms with van der Waals surface area (Å²) in [7, 11) is -1.50. The Morgan fingerprint density at radius 1 is 1.11 bits per heavy atom.